The van der Waals surface area contributed by atoms with Crippen LogP contribution in [0.3, 0.4) is 0 Å². The maximum atomic E-state index is 12.9. The Labute approximate surface area is 133 Å². The number of hydrogen-bond acceptors (Lipinski definition) is 5. The lowest BCUT2D eigenvalue weighted by Gasteiger charge is -2.35. The van der Waals surface area contributed by atoms with Crippen molar-refractivity contribution in [1.29, 1.82) is 0 Å². The quantitative estimate of drug-likeness (QED) is 0.942. The van der Waals surface area contributed by atoms with E-state index in [9.17, 15) is 4.79 Å². The maximum absolute atomic E-state index is 12.9. The van der Waals surface area contributed by atoms with Crippen LogP contribution in [0.25, 0.3) is 0 Å². The zero-order chi connectivity index (χ0) is 15.7. The van der Waals surface area contributed by atoms with E-state index in [-0.39, 0.29) is 11.9 Å². The number of rotatable bonds is 3. The van der Waals surface area contributed by atoms with E-state index in [0.717, 1.165) is 17.0 Å². The largest absolute Gasteiger partial charge is 0.496 e. The summed E-state index contributed by atoms with van der Waals surface area (Å²) >= 11 is 1.40. The third kappa shape index (κ3) is 2.62. The lowest BCUT2D eigenvalue weighted by Crippen LogP contribution is -2.43. The fourth-order valence-corrected chi connectivity index (χ4v) is 3.63. The van der Waals surface area contributed by atoms with Gasteiger partial charge in [-0.05, 0) is 13.8 Å². The first-order valence-electron chi connectivity index (χ1n) is 7.14. The Morgan fingerprint density at radius 1 is 1.55 bits per heavy atom. The summed E-state index contributed by atoms with van der Waals surface area (Å²) in [7, 11) is 1.60. The minimum Gasteiger partial charge on any atom is -0.496 e. The highest BCUT2D eigenvalue weighted by atomic mass is 32.1. The van der Waals surface area contributed by atoms with Crippen LogP contribution in [0.2, 0.25) is 0 Å². The number of amides is 1. The molecule has 3 rings (SSSR count). The molecule has 0 bridgehead atoms. The molecular weight excluding hydrogens is 302 g/mol. The molecule has 1 atom stereocenters. The molecule has 0 radical (unpaired) electrons. The van der Waals surface area contributed by atoms with Gasteiger partial charge in [0.2, 0.25) is 0 Å². The molecule has 1 N–H and O–H groups in total. The number of H-pyrrole nitrogens is 1. The van der Waals surface area contributed by atoms with Crippen LogP contribution in [0.4, 0.5) is 0 Å². The van der Waals surface area contributed by atoms with Gasteiger partial charge >= 0.3 is 0 Å². The molecule has 0 spiro atoms. The highest BCUT2D eigenvalue weighted by Gasteiger charge is 2.33. The number of morpholine rings is 1. The Morgan fingerprint density at radius 3 is 3.00 bits per heavy atom. The zero-order valence-electron chi connectivity index (χ0n) is 12.9. The van der Waals surface area contributed by atoms with Crippen molar-refractivity contribution in [3.8, 4) is 5.75 Å². The fourth-order valence-electron chi connectivity index (χ4n) is 2.82. The van der Waals surface area contributed by atoms with E-state index in [4.69, 9.17) is 9.47 Å². The minimum absolute atomic E-state index is 0.0154. The van der Waals surface area contributed by atoms with Crippen molar-refractivity contribution >= 4 is 17.2 Å². The Balaban J connectivity index is 1.91. The summed E-state index contributed by atoms with van der Waals surface area (Å²) in [6, 6.07) is 1.68. The predicted octanol–water partition coefficient (Wildman–Crippen LogP) is 2.31. The molecule has 0 aromatic carbocycles. The first-order chi connectivity index (χ1) is 10.6. The molecule has 3 heterocycles. The molecule has 1 unspecified atom stereocenters. The van der Waals surface area contributed by atoms with Gasteiger partial charge in [0.25, 0.3) is 5.91 Å². The standard InChI is InChI=1S/C15H19N3O3S/c1-9-14(10(2)17-16-9)12-7-21-5-4-18(12)15(19)13-6-11(20-3)8-22-13/h6,8,12H,4-5,7H2,1-3H3,(H,16,17). The van der Waals surface area contributed by atoms with Crippen LogP contribution in [-0.4, -0.2) is 47.9 Å². The van der Waals surface area contributed by atoms with Gasteiger partial charge in [0, 0.05) is 29.2 Å². The molecule has 22 heavy (non-hydrogen) atoms. The van der Waals surface area contributed by atoms with Gasteiger partial charge in [0.05, 0.1) is 36.9 Å². The van der Waals surface area contributed by atoms with Crippen LogP contribution in [0, 0.1) is 13.8 Å². The van der Waals surface area contributed by atoms with Crippen molar-refractivity contribution in [3.05, 3.63) is 33.3 Å². The SMILES string of the molecule is COc1csc(C(=O)N2CCOCC2c2c(C)n[nH]c2C)c1. The van der Waals surface area contributed by atoms with Gasteiger partial charge in [0.1, 0.15) is 5.75 Å². The third-order valence-corrected chi connectivity index (χ3v) is 4.83. The van der Waals surface area contributed by atoms with Crippen molar-refractivity contribution < 1.29 is 14.3 Å². The number of nitrogens with one attached hydrogen (secondary N) is 1. The van der Waals surface area contributed by atoms with Gasteiger partial charge in [0.15, 0.2) is 0 Å². The monoisotopic (exact) mass is 321 g/mol. The van der Waals surface area contributed by atoms with Crippen molar-refractivity contribution in [2.24, 2.45) is 0 Å². The van der Waals surface area contributed by atoms with Crippen LogP contribution >= 0.6 is 11.3 Å². The van der Waals surface area contributed by atoms with Gasteiger partial charge in [-0.25, -0.2) is 0 Å². The molecule has 118 valence electrons. The number of thiophene rings is 1. The van der Waals surface area contributed by atoms with E-state index in [1.165, 1.54) is 11.3 Å². The molecule has 7 heteroatoms. The Kier molecular flexibility index (Phi) is 4.17. The van der Waals surface area contributed by atoms with Gasteiger partial charge in [-0.2, -0.15) is 5.10 Å². The number of carbonyl (C=O) groups excluding carboxylic acids is 1. The highest BCUT2D eigenvalue weighted by molar-refractivity contribution is 7.12. The Morgan fingerprint density at radius 2 is 2.36 bits per heavy atom. The van der Waals surface area contributed by atoms with Crippen LogP contribution in [-0.2, 0) is 4.74 Å². The minimum atomic E-state index is -0.104. The summed E-state index contributed by atoms with van der Waals surface area (Å²) in [4.78, 5) is 15.4. The molecule has 0 aliphatic carbocycles. The predicted molar refractivity (Wildman–Crippen MR) is 83.5 cm³/mol. The fraction of sp³-hybridized carbons (Fsp3) is 0.467. The van der Waals surface area contributed by atoms with Crippen LogP contribution < -0.4 is 4.74 Å². The summed E-state index contributed by atoms with van der Waals surface area (Å²) in [5.74, 6) is 0.732. The molecule has 0 saturated carbocycles. The maximum Gasteiger partial charge on any atom is 0.264 e. The number of aromatic amines is 1. The number of carbonyl (C=O) groups is 1. The molecule has 1 amide bonds. The van der Waals surface area contributed by atoms with Crippen molar-refractivity contribution in [3.63, 3.8) is 0 Å². The third-order valence-electron chi connectivity index (χ3n) is 3.93. The lowest BCUT2D eigenvalue weighted by molar-refractivity contribution is -0.00275. The summed E-state index contributed by atoms with van der Waals surface area (Å²) < 4.78 is 10.8. The molecule has 1 aliphatic rings. The molecule has 2 aromatic rings. The van der Waals surface area contributed by atoms with E-state index < -0.39 is 0 Å². The Bertz CT molecular complexity index is 660. The van der Waals surface area contributed by atoms with Crippen molar-refractivity contribution in [2.45, 2.75) is 19.9 Å². The van der Waals surface area contributed by atoms with Crippen molar-refractivity contribution in [1.82, 2.24) is 15.1 Å². The van der Waals surface area contributed by atoms with E-state index >= 15 is 0 Å². The topological polar surface area (TPSA) is 67.4 Å². The van der Waals surface area contributed by atoms with Crippen molar-refractivity contribution in [2.75, 3.05) is 26.9 Å². The van der Waals surface area contributed by atoms with E-state index in [1.54, 1.807) is 13.2 Å². The second-order valence-electron chi connectivity index (χ2n) is 5.29. The zero-order valence-corrected chi connectivity index (χ0v) is 13.7. The summed E-state index contributed by atoms with van der Waals surface area (Å²) in [6.45, 7) is 5.55. The van der Waals surface area contributed by atoms with Gasteiger partial charge in [-0.3, -0.25) is 9.89 Å². The number of methoxy groups -OCH3 is 1. The smallest absolute Gasteiger partial charge is 0.264 e. The number of aromatic nitrogens is 2. The Hall–Kier alpha value is -1.86. The number of nitrogens with zero attached hydrogens (tertiary/aromatic N) is 2. The molecule has 2 aromatic heterocycles. The molecule has 1 saturated heterocycles. The van der Waals surface area contributed by atoms with Gasteiger partial charge in [-0.15, -0.1) is 11.3 Å². The average molecular weight is 321 g/mol. The number of hydrogen-bond donors (Lipinski definition) is 1. The van der Waals surface area contributed by atoms with Gasteiger partial charge < -0.3 is 14.4 Å². The molecule has 1 fully saturated rings. The highest BCUT2D eigenvalue weighted by Crippen LogP contribution is 2.31. The first-order valence-corrected chi connectivity index (χ1v) is 8.02. The number of aryl methyl sites for hydroxylation is 2. The van der Waals surface area contributed by atoms with E-state index in [1.807, 2.05) is 24.1 Å². The van der Waals surface area contributed by atoms with Crippen LogP contribution in [0.1, 0.15) is 32.7 Å². The van der Waals surface area contributed by atoms with E-state index in [2.05, 4.69) is 10.2 Å². The molecular formula is C15H19N3O3S. The second kappa shape index (κ2) is 6.10. The molecule has 6 nitrogen and oxygen atoms in total. The second-order valence-corrected chi connectivity index (χ2v) is 6.20. The summed E-state index contributed by atoms with van der Waals surface area (Å²) in [5.41, 5.74) is 2.95. The summed E-state index contributed by atoms with van der Waals surface area (Å²) in [6.07, 6.45) is 0. The van der Waals surface area contributed by atoms with E-state index in [0.29, 0.717) is 30.4 Å². The number of ether oxygens (including phenoxy) is 2. The normalized spacial score (nSPS) is 18.5. The first kappa shape index (κ1) is 15.1. The average Bonchev–Trinajstić information content (AvgIpc) is 3.14. The van der Waals surface area contributed by atoms with Crippen LogP contribution in [0.5, 0.6) is 5.75 Å². The van der Waals surface area contributed by atoms with Gasteiger partial charge in [-0.1, -0.05) is 0 Å². The van der Waals surface area contributed by atoms with Crippen LogP contribution in [0.15, 0.2) is 11.4 Å². The molecule has 1 aliphatic heterocycles. The summed E-state index contributed by atoms with van der Waals surface area (Å²) in [5, 5.41) is 9.07. The lowest BCUT2D eigenvalue weighted by atomic mass is 10.0.